The summed E-state index contributed by atoms with van der Waals surface area (Å²) in [7, 11) is 0. The highest BCUT2D eigenvalue weighted by atomic mass is 35.5. The maximum atomic E-state index is 13.1. The number of carbonyl (C=O) groups excluding carboxylic acids is 2. The van der Waals surface area contributed by atoms with Crippen LogP contribution in [-0.4, -0.2) is 28.9 Å². The van der Waals surface area contributed by atoms with Gasteiger partial charge in [0.1, 0.15) is 11.8 Å². The number of hydrogen-bond acceptors (Lipinski definition) is 3. The molecule has 2 aliphatic rings. The molecule has 3 rings (SSSR count). The van der Waals surface area contributed by atoms with Gasteiger partial charge >= 0.3 is 0 Å². The monoisotopic (exact) mass is 350 g/mol. The minimum absolute atomic E-state index is 0.0198. The van der Waals surface area contributed by atoms with Gasteiger partial charge in [0.15, 0.2) is 6.10 Å². The van der Waals surface area contributed by atoms with E-state index in [0.717, 1.165) is 32.1 Å². The van der Waals surface area contributed by atoms with E-state index in [9.17, 15) is 9.59 Å². The lowest BCUT2D eigenvalue weighted by atomic mass is 9.91. The first-order chi connectivity index (χ1) is 11.5. The molecule has 1 aliphatic heterocycles. The van der Waals surface area contributed by atoms with Crippen molar-refractivity contribution in [1.82, 2.24) is 4.90 Å². The Morgan fingerprint density at radius 3 is 2.67 bits per heavy atom. The number of primary amides is 1. The second-order valence-electron chi connectivity index (χ2n) is 6.54. The average Bonchev–Trinajstić information content (AvgIpc) is 2.70. The van der Waals surface area contributed by atoms with Crippen LogP contribution >= 0.6 is 11.6 Å². The zero-order valence-corrected chi connectivity index (χ0v) is 14.6. The van der Waals surface area contributed by atoms with Crippen molar-refractivity contribution in [2.24, 2.45) is 5.73 Å². The van der Waals surface area contributed by atoms with Gasteiger partial charge in [0.2, 0.25) is 5.91 Å². The lowest BCUT2D eigenvalue weighted by Crippen LogP contribution is -2.51. The van der Waals surface area contributed by atoms with Crippen molar-refractivity contribution in [2.45, 2.75) is 63.6 Å². The molecule has 2 amide bonds. The van der Waals surface area contributed by atoms with Crippen molar-refractivity contribution in [3.8, 4) is 5.75 Å². The van der Waals surface area contributed by atoms with Gasteiger partial charge in [-0.25, -0.2) is 0 Å². The molecular formula is C18H23ClN2O3. The largest absolute Gasteiger partial charge is 0.480 e. The molecule has 5 nitrogen and oxygen atoms in total. The highest BCUT2D eigenvalue weighted by Crippen LogP contribution is 2.39. The van der Waals surface area contributed by atoms with E-state index >= 15 is 0 Å². The Kier molecular flexibility index (Phi) is 4.99. The summed E-state index contributed by atoms with van der Waals surface area (Å²) < 4.78 is 5.92. The summed E-state index contributed by atoms with van der Waals surface area (Å²) in [5.74, 6) is -0.181. The standard InChI is InChI=1S/C18H23ClN2O3/c1-2-14-18(23)21(12-6-4-3-5-7-12)16(17(20)22)13-10-11(19)8-9-15(13)24-14/h8-10,12,14,16H,2-7H2,1H3,(H2,20,22). The van der Waals surface area contributed by atoms with Gasteiger partial charge in [-0.1, -0.05) is 37.8 Å². The van der Waals surface area contributed by atoms with Gasteiger partial charge in [0.05, 0.1) is 0 Å². The number of nitrogens with two attached hydrogens (primary N) is 1. The smallest absolute Gasteiger partial charge is 0.264 e. The number of fused-ring (bicyclic) bond motifs is 1. The molecule has 1 aromatic carbocycles. The van der Waals surface area contributed by atoms with Crippen LogP contribution in [0.4, 0.5) is 0 Å². The number of ether oxygens (including phenoxy) is 1. The minimum atomic E-state index is -0.828. The lowest BCUT2D eigenvalue weighted by molar-refractivity contribution is -0.148. The van der Waals surface area contributed by atoms with Crippen molar-refractivity contribution in [1.29, 1.82) is 0 Å². The quantitative estimate of drug-likeness (QED) is 0.909. The molecule has 24 heavy (non-hydrogen) atoms. The van der Waals surface area contributed by atoms with Gasteiger partial charge < -0.3 is 15.4 Å². The molecule has 1 heterocycles. The van der Waals surface area contributed by atoms with Crippen molar-refractivity contribution >= 4 is 23.4 Å². The summed E-state index contributed by atoms with van der Waals surface area (Å²) in [6.07, 6.45) is 4.99. The molecule has 0 radical (unpaired) electrons. The van der Waals surface area contributed by atoms with E-state index in [1.54, 1.807) is 23.1 Å². The molecule has 1 aromatic rings. The van der Waals surface area contributed by atoms with Crippen LogP contribution in [0, 0.1) is 0 Å². The van der Waals surface area contributed by atoms with Gasteiger partial charge in [0.25, 0.3) is 5.91 Å². The molecule has 0 saturated heterocycles. The van der Waals surface area contributed by atoms with Gasteiger partial charge in [-0.05, 0) is 37.5 Å². The summed E-state index contributed by atoms with van der Waals surface area (Å²) in [6.45, 7) is 1.90. The first-order valence-corrected chi connectivity index (χ1v) is 8.98. The summed E-state index contributed by atoms with van der Waals surface area (Å²) >= 11 is 6.13. The molecule has 2 unspecified atom stereocenters. The molecule has 2 N–H and O–H groups in total. The van der Waals surface area contributed by atoms with Crippen LogP contribution in [0.5, 0.6) is 5.75 Å². The van der Waals surface area contributed by atoms with Crippen LogP contribution in [-0.2, 0) is 9.59 Å². The Balaban J connectivity index is 2.11. The average molecular weight is 351 g/mol. The third-order valence-corrected chi connectivity index (χ3v) is 5.19. The van der Waals surface area contributed by atoms with Crippen molar-refractivity contribution in [3.63, 3.8) is 0 Å². The molecular weight excluding hydrogens is 328 g/mol. The summed E-state index contributed by atoms with van der Waals surface area (Å²) in [4.78, 5) is 27.1. The fourth-order valence-electron chi connectivity index (χ4n) is 3.79. The zero-order chi connectivity index (χ0) is 17.3. The molecule has 1 aliphatic carbocycles. The van der Waals surface area contributed by atoms with E-state index in [2.05, 4.69) is 0 Å². The maximum Gasteiger partial charge on any atom is 0.264 e. The summed E-state index contributed by atoms with van der Waals surface area (Å²) in [5, 5.41) is 0.495. The SMILES string of the molecule is CCC1Oc2ccc(Cl)cc2C(C(N)=O)N(C2CCCCC2)C1=O. The van der Waals surface area contributed by atoms with Crippen LogP contribution in [0.25, 0.3) is 0 Å². The third kappa shape index (κ3) is 3.09. The summed E-state index contributed by atoms with van der Waals surface area (Å²) in [5.41, 5.74) is 6.30. The second kappa shape index (κ2) is 7.01. The first-order valence-electron chi connectivity index (χ1n) is 8.60. The second-order valence-corrected chi connectivity index (χ2v) is 6.98. The predicted molar refractivity (Wildman–Crippen MR) is 91.8 cm³/mol. The van der Waals surface area contributed by atoms with Crippen molar-refractivity contribution in [2.75, 3.05) is 0 Å². The molecule has 0 bridgehead atoms. The van der Waals surface area contributed by atoms with E-state index in [-0.39, 0.29) is 11.9 Å². The van der Waals surface area contributed by atoms with E-state index in [1.807, 2.05) is 6.92 Å². The van der Waals surface area contributed by atoms with E-state index in [4.69, 9.17) is 22.1 Å². The topological polar surface area (TPSA) is 72.6 Å². The fraction of sp³-hybridized carbons (Fsp3) is 0.556. The Bertz CT molecular complexity index is 643. The summed E-state index contributed by atoms with van der Waals surface area (Å²) in [6, 6.07) is 4.30. The van der Waals surface area contributed by atoms with E-state index in [1.165, 1.54) is 0 Å². The number of nitrogens with zero attached hydrogens (tertiary/aromatic N) is 1. The normalized spacial score (nSPS) is 24.9. The number of hydrogen-bond donors (Lipinski definition) is 1. The van der Waals surface area contributed by atoms with Gasteiger partial charge in [-0.3, -0.25) is 9.59 Å². The molecule has 130 valence electrons. The van der Waals surface area contributed by atoms with Crippen molar-refractivity contribution in [3.05, 3.63) is 28.8 Å². The minimum Gasteiger partial charge on any atom is -0.480 e. The van der Waals surface area contributed by atoms with Crippen molar-refractivity contribution < 1.29 is 14.3 Å². The fourth-order valence-corrected chi connectivity index (χ4v) is 3.97. The number of carbonyl (C=O) groups is 2. The van der Waals surface area contributed by atoms with Crippen LogP contribution < -0.4 is 10.5 Å². The lowest BCUT2D eigenvalue weighted by Gasteiger charge is -2.38. The molecule has 1 saturated carbocycles. The Hall–Kier alpha value is -1.75. The predicted octanol–water partition coefficient (Wildman–Crippen LogP) is 3.20. The zero-order valence-electron chi connectivity index (χ0n) is 13.8. The third-order valence-electron chi connectivity index (χ3n) is 4.95. The molecule has 1 fully saturated rings. The number of rotatable bonds is 3. The molecule has 0 spiro atoms. The first kappa shape index (κ1) is 17.1. The van der Waals surface area contributed by atoms with E-state index < -0.39 is 18.1 Å². The van der Waals surface area contributed by atoms with E-state index in [0.29, 0.717) is 22.8 Å². The number of halogens is 1. The molecule has 6 heteroatoms. The number of benzene rings is 1. The van der Waals surface area contributed by atoms with Gasteiger partial charge in [0, 0.05) is 16.6 Å². The van der Waals surface area contributed by atoms with Gasteiger partial charge in [-0.2, -0.15) is 0 Å². The van der Waals surface area contributed by atoms with Crippen LogP contribution in [0.3, 0.4) is 0 Å². The Labute approximate surface area is 147 Å². The number of amides is 2. The van der Waals surface area contributed by atoms with Crippen LogP contribution in [0.1, 0.15) is 57.1 Å². The molecule has 0 aromatic heterocycles. The maximum absolute atomic E-state index is 13.1. The van der Waals surface area contributed by atoms with Crippen LogP contribution in [0.2, 0.25) is 5.02 Å². The van der Waals surface area contributed by atoms with Crippen LogP contribution in [0.15, 0.2) is 18.2 Å². The Morgan fingerprint density at radius 1 is 1.33 bits per heavy atom. The highest BCUT2D eigenvalue weighted by molar-refractivity contribution is 6.30. The highest BCUT2D eigenvalue weighted by Gasteiger charge is 2.43. The molecule has 2 atom stereocenters. The Morgan fingerprint density at radius 2 is 2.04 bits per heavy atom. The van der Waals surface area contributed by atoms with Gasteiger partial charge in [-0.15, -0.1) is 0 Å².